The van der Waals surface area contributed by atoms with Crippen LogP contribution in [0.3, 0.4) is 0 Å². The predicted octanol–water partition coefficient (Wildman–Crippen LogP) is 6.78. The van der Waals surface area contributed by atoms with Gasteiger partial charge >= 0.3 is 18.3 Å². The first-order chi connectivity index (χ1) is 17.9. The number of carbonyl (C=O) groups is 3. The van der Waals surface area contributed by atoms with E-state index < -0.39 is 40.9 Å². The summed E-state index contributed by atoms with van der Waals surface area (Å²) in [6.07, 6.45) is -0.0875. The molecule has 1 unspecified atom stereocenters. The Balaban J connectivity index is 2.12. The van der Waals surface area contributed by atoms with Gasteiger partial charge in [-0.3, -0.25) is 0 Å². The fraction of sp³-hybridized carbons (Fsp3) is 0.481. The fourth-order valence-corrected chi connectivity index (χ4v) is 4.78. The van der Waals surface area contributed by atoms with Gasteiger partial charge in [0.25, 0.3) is 0 Å². The van der Waals surface area contributed by atoms with Crippen LogP contribution in [0.15, 0.2) is 30.7 Å². The van der Waals surface area contributed by atoms with Gasteiger partial charge in [0.2, 0.25) is 0 Å². The third-order valence-corrected chi connectivity index (χ3v) is 6.28. The molecular formula is C27H35N5O6S. The molecule has 39 heavy (non-hydrogen) atoms. The highest BCUT2D eigenvalue weighted by Crippen LogP contribution is 2.39. The minimum Gasteiger partial charge on any atom is -0.465 e. The molecule has 210 valence electrons. The van der Waals surface area contributed by atoms with Crippen molar-refractivity contribution >= 4 is 46.3 Å². The van der Waals surface area contributed by atoms with Crippen LogP contribution in [0.4, 0.5) is 20.2 Å². The van der Waals surface area contributed by atoms with Gasteiger partial charge in [-0.25, -0.2) is 29.3 Å². The van der Waals surface area contributed by atoms with Crippen LogP contribution in [0.1, 0.15) is 73.4 Å². The lowest BCUT2D eigenvalue weighted by Gasteiger charge is -2.28. The number of aromatic nitrogens is 3. The second kappa shape index (κ2) is 10.8. The predicted molar refractivity (Wildman–Crippen MR) is 149 cm³/mol. The van der Waals surface area contributed by atoms with Gasteiger partial charge in [0.15, 0.2) is 5.82 Å². The summed E-state index contributed by atoms with van der Waals surface area (Å²) in [6, 6.07) is 4.80. The van der Waals surface area contributed by atoms with E-state index in [0.717, 1.165) is 15.3 Å². The summed E-state index contributed by atoms with van der Waals surface area (Å²) in [4.78, 5) is 52.4. The standard InChI is InChI=1S/C27H35N5O6S/c1-25(2,3)19(31-22(33)34)21-28-13-18(39-21)15-10-11-17-16(12-15)20(30-14-29-17)32(23(35)37-26(4,5)6)24(36)38-27(7,8)9/h10-14,19,31H,1-9H3,(H,33,34). The van der Waals surface area contributed by atoms with E-state index in [9.17, 15) is 19.5 Å². The Bertz CT molecular complexity index is 1360. The zero-order valence-electron chi connectivity index (χ0n) is 23.6. The van der Waals surface area contributed by atoms with Crippen molar-refractivity contribution in [2.45, 2.75) is 79.6 Å². The van der Waals surface area contributed by atoms with Crippen LogP contribution in [0.5, 0.6) is 0 Å². The van der Waals surface area contributed by atoms with E-state index in [-0.39, 0.29) is 5.82 Å². The van der Waals surface area contributed by atoms with Crippen molar-refractivity contribution in [3.05, 3.63) is 35.7 Å². The number of hydrogen-bond donors (Lipinski definition) is 2. The molecule has 3 rings (SSSR count). The van der Waals surface area contributed by atoms with E-state index in [0.29, 0.717) is 15.9 Å². The van der Waals surface area contributed by atoms with Crippen molar-refractivity contribution < 1.29 is 29.0 Å². The Morgan fingerprint density at radius 1 is 0.923 bits per heavy atom. The maximum atomic E-state index is 13.2. The summed E-state index contributed by atoms with van der Waals surface area (Å²) in [6.45, 7) is 15.9. The Kier molecular flexibility index (Phi) is 8.21. The number of imide groups is 1. The van der Waals surface area contributed by atoms with E-state index in [1.807, 2.05) is 26.8 Å². The van der Waals surface area contributed by atoms with Crippen molar-refractivity contribution in [3.63, 3.8) is 0 Å². The Morgan fingerprint density at radius 2 is 1.51 bits per heavy atom. The van der Waals surface area contributed by atoms with Crippen molar-refractivity contribution in [2.24, 2.45) is 5.41 Å². The fourth-order valence-electron chi connectivity index (χ4n) is 3.56. The molecule has 0 fully saturated rings. The number of amides is 3. The van der Waals surface area contributed by atoms with Gasteiger partial charge in [-0.15, -0.1) is 11.3 Å². The van der Waals surface area contributed by atoms with Crippen LogP contribution in [0, 0.1) is 5.41 Å². The summed E-state index contributed by atoms with van der Waals surface area (Å²) in [7, 11) is 0. The molecule has 0 spiro atoms. The maximum absolute atomic E-state index is 13.2. The van der Waals surface area contributed by atoms with Crippen molar-refractivity contribution in [3.8, 4) is 10.4 Å². The second-order valence-electron chi connectivity index (χ2n) is 12.0. The van der Waals surface area contributed by atoms with Gasteiger partial charge < -0.3 is 19.9 Å². The summed E-state index contributed by atoms with van der Waals surface area (Å²) in [5, 5.41) is 12.9. The molecule has 0 aliphatic rings. The van der Waals surface area contributed by atoms with Gasteiger partial charge in [-0.2, -0.15) is 4.90 Å². The SMILES string of the molecule is CC(C)(C)OC(=O)N(C(=O)OC(C)(C)C)c1ncnc2ccc(-c3cnc(C(NC(=O)O)C(C)(C)C)s3)cc12. The first-order valence-electron chi connectivity index (χ1n) is 12.3. The van der Waals surface area contributed by atoms with E-state index in [1.54, 1.807) is 59.9 Å². The normalized spacial score (nSPS) is 13.1. The number of ether oxygens (including phenoxy) is 2. The Hall–Kier alpha value is -3.80. The van der Waals surface area contributed by atoms with E-state index >= 15 is 0 Å². The number of carbonyl (C=O) groups excluding carboxylic acids is 2. The topological polar surface area (TPSA) is 144 Å². The average molecular weight is 558 g/mol. The summed E-state index contributed by atoms with van der Waals surface area (Å²) in [5.41, 5.74) is -0.959. The van der Waals surface area contributed by atoms with Crippen LogP contribution in [0.2, 0.25) is 0 Å². The highest BCUT2D eigenvalue weighted by atomic mass is 32.1. The number of fused-ring (bicyclic) bond motifs is 1. The molecular weight excluding hydrogens is 522 g/mol. The molecule has 1 aromatic carbocycles. The van der Waals surface area contributed by atoms with E-state index in [1.165, 1.54) is 17.7 Å². The molecule has 1 atom stereocenters. The number of carboxylic acid groups (broad SMARTS) is 1. The average Bonchev–Trinajstić information content (AvgIpc) is 3.24. The molecule has 0 bridgehead atoms. The number of thiazole rings is 1. The number of nitrogens with zero attached hydrogens (tertiary/aromatic N) is 4. The third-order valence-electron chi connectivity index (χ3n) is 5.17. The monoisotopic (exact) mass is 557 g/mol. The molecule has 0 saturated heterocycles. The number of anilines is 1. The molecule has 0 saturated carbocycles. The zero-order chi connectivity index (χ0) is 29.3. The molecule has 12 heteroatoms. The van der Waals surface area contributed by atoms with Gasteiger partial charge in [-0.05, 0) is 64.7 Å². The molecule has 0 aliphatic carbocycles. The number of rotatable bonds is 4. The molecule has 3 aromatic rings. The Morgan fingerprint density at radius 3 is 2.03 bits per heavy atom. The number of benzene rings is 1. The quantitative estimate of drug-likeness (QED) is 0.354. The first-order valence-corrected chi connectivity index (χ1v) is 13.1. The van der Waals surface area contributed by atoms with E-state index in [4.69, 9.17) is 9.47 Å². The number of nitrogens with one attached hydrogen (secondary N) is 1. The molecule has 2 N–H and O–H groups in total. The van der Waals surface area contributed by atoms with Gasteiger partial charge in [0.05, 0.1) is 16.4 Å². The van der Waals surface area contributed by atoms with Crippen LogP contribution < -0.4 is 10.2 Å². The van der Waals surface area contributed by atoms with Crippen molar-refractivity contribution in [1.29, 1.82) is 0 Å². The largest absolute Gasteiger partial charge is 0.465 e. The van der Waals surface area contributed by atoms with Crippen molar-refractivity contribution in [2.75, 3.05) is 4.90 Å². The maximum Gasteiger partial charge on any atom is 0.425 e. The molecule has 0 radical (unpaired) electrons. The van der Waals surface area contributed by atoms with E-state index in [2.05, 4.69) is 20.3 Å². The lowest BCUT2D eigenvalue weighted by molar-refractivity contribution is 0.0429. The minimum atomic E-state index is -1.14. The number of hydrogen-bond acceptors (Lipinski definition) is 9. The first kappa shape index (κ1) is 29.8. The van der Waals surface area contributed by atoms with Crippen LogP contribution in [0.25, 0.3) is 21.3 Å². The molecule has 3 amide bonds. The highest BCUT2D eigenvalue weighted by molar-refractivity contribution is 7.15. The van der Waals surface area contributed by atoms with Gasteiger partial charge in [0, 0.05) is 11.6 Å². The third kappa shape index (κ3) is 7.62. The summed E-state index contributed by atoms with van der Waals surface area (Å²) in [5.74, 6) is 0.00945. The van der Waals surface area contributed by atoms with Crippen LogP contribution >= 0.6 is 11.3 Å². The van der Waals surface area contributed by atoms with Gasteiger partial charge in [-0.1, -0.05) is 26.8 Å². The second-order valence-corrected chi connectivity index (χ2v) is 13.1. The summed E-state index contributed by atoms with van der Waals surface area (Å²) < 4.78 is 11.0. The Labute approximate surface area is 231 Å². The minimum absolute atomic E-state index is 0.00945. The van der Waals surface area contributed by atoms with Crippen LogP contribution in [-0.2, 0) is 9.47 Å². The molecule has 11 nitrogen and oxygen atoms in total. The zero-order valence-corrected chi connectivity index (χ0v) is 24.5. The summed E-state index contributed by atoms with van der Waals surface area (Å²) >= 11 is 1.34. The molecule has 2 aromatic heterocycles. The lowest BCUT2D eigenvalue weighted by Crippen LogP contribution is -2.44. The lowest BCUT2D eigenvalue weighted by atomic mass is 9.87. The molecule has 2 heterocycles. The smallest absolute Gasteiger partial charge is 0.425 e. The van der Waals surface area contributed by atoms with Gasteiger partial charge in [0.1, 0.15) is 22.5 Å². The highest BCUT2D eigenvalue weighted by Gasteiger charge is 2.35. The van der Waals surface area contributed by atoms with Crippen LogP contribution in [-0.4, -0.2) is 49.5 Å². The van der Waals surface area contributed by atoms with Crippen molar-refractivity contribution in [1.82, 2.24) is 20.3 Å². The molecule has 0 aliphatic heterocycles.